The molecule has 1 aliphatic heterocycles. The minimum absolute atomic E-state index is 0.198. The molecule has 0 N–H and O–H groups in total. The van der Waals surface area contributed by atoms with E-state index in [9.17, 15) is 0 Å². The number of thioether (sulfide) groups is 1. The van der Waals surface area contributed by atoms with E-state index in [4.69, 9.17) is 0 Å². The molecule has 0 amide bonds. The van der Waals surface area contributed by atoms with Gasteiger partial charge in [-0.05, 0) is 25.5 Å². The zero-order valence-corrected chi connectivity index (χ0v) is 9.47. The molecule has 0 aromatic heterocycles. The average molecular weight is 205 g/mol. The van der Waals surface area contributed by atoms with Gasteiger partial charge in [-0.2, -0.15) is 0 Å². The number of hydrogen-bond donors (Lipinski definition) is 0. The van der Waals surface area contributed by atoms with Crippen LogP contribution >= 0.6 is 11.8 Å². The summed E-state index contributed by atoms with van der Waals surface area (Å²) in [5.74, 6) is 0. The van der Waals surface area contributed by atoms with Gasteiger partial charge in [0.15, 0.2) is 0 Å². The van der Waals surface area contributed by atoms with Crippen molar-refractivity contribution < 1.29 is 0 Å². The van der Waals surface area contributed by atoms with Gasteiger partial charge < -0.3 is 0 Å². The molecule has 0 fully saturated rings. The third-order valence-corrected chi connectivity index (χ3v) is 3.77. The van der Waals surface area contributed by atoms with Crippen molar-refractivity contribution in [3.63, 3.8) is 0 Å². The Balaban J connectivity index is 2.29. The molecule has 1 aliphatic rings. The lowest BCUT2D eigenvalue weighted by Gasteiger charge is -2.27. The highest BCUT2D eigenvalue weighted by molar-refractivity contribution is 8.01. The van der Waals surface area contributed by atoms with Gasteiger partial charge in [0.1, 0.15) is 0 Å². The van der Waals surface area contributed by atoms with E-state index < -0.39 is 0 Å². The number of para-hydroxylation sites is 1. The third kappa shape index (κ3) is 1.85. The van der Waals surface area contributed by atoms with Crippen LogP contribution in [0.5, 0.6) is 0 Å². The highest BCUT2D eigenvalue weighted by Gasteiger charge is 2.26. The van der Waals surface area contributed by atoms with Gasteiger partial charge in [0.2, 0.25) is 0 Å². The maximum atomic E-state index is 4.52. The standard InChI is InChI=1S/C12H15NS/c1-3-8-12(2)9-13-10-6-4-5-7-11(10)14-12/h4-7,9H,3,8H2,1-2H3. The number of benzene rings is 1. The van der Waals surface area contributed by atoms with Crippen LogP contribution in [-0.2, 0) is 0 Å². The van der Waals surface area contributed by atoms with Crippen molar-refractivity contribution in [3.8, 4) is 0 Å². The first-order chi connectivity index (χ1) is 6.73. The molecule has 0 spiro atoms. The zero-order valence-electron chi connectivity index (χ0n) is 8.66. The van der Waals surface area contributed by atoms with Gasteiger partial charge in [-0.1, -0.05) is 25.5 Å². The van der Waals surface area contributed by atoms with Crippen LogP contribution in [0, 0.1) is 0 Å². The average Bonchev–Trinajstić information content (AvgIpc) is 2.17. The van der Waals surface area contributed by atoms with Gasteiger partial charge in [0.05, 0.1) is 10.4 Å². The van der Waals surface area contributed by atoms with Crippen LogP contribution in [0.1, 0.15) is 26.7 Å². The van der Waals surface area contributed by atoms with Crippen LogP contribution in [0.2, 0.25) is 0 Å². The molecule has 0 radical (unpaired) electrons. The summed E-state index contributed by atoms with van der Waals surface area (Å²) in [6.45, 7) is 4.49. The number of fused-ring (bicyclic) bond motifs is 1. The number of aliphatic imine (C=N–C) groups is 1. The summed E-state index contributed by atoms with van der Waals surface area (Å²) in [6, 6.07) is 8.35. The Morgan fingerprint density at radius 1 is 1.36 bits per heavy atom. The molecular weight excluding hydrogens is 190 g/mol. The predicted molar refractivity (Wildman–Crippen MR) is 63.8 cm³/mol. The molecule has 1 heterocycles. The van der Waals surface area contributed by atoms with Gasteiger partial charge >= 0.3 is 0 Å². The van der Waals surface area contributed by atoms with Crippen LogP contribution < -0.4 is 0 Å². The van der Waals surface area contributed by atoms with Crippen molar-refractivity contribution >= 4 is 23.7 Å². The zero-order chi connectivity index (χ0) is 10.0. The van der Waals surface area contributed by atoms with Crippen molar-refractivity contribution in [1.82, 2.24) is 0 Å². The topological polar surface area (TPSA) is 12.4 Å². The first-order valence-corrected chi connectivity index (χ1v) is 5.88. The normalized spacial score (nSPS) is 24.7. The Labute approximate surface area is 89.6 Å². The summed E-state index contributed by atoms with van der Waals surface area (Å²) in [4.78, 5) is 5.83. The van der Waals surface area contributed by atoms with Crippen LogP contribution in [0.4, 0.5) is 5.69 Å². The lowest BCUT2D eigenvalue weighted by atomic mass is 10.1. The smallest absolute Gasteiger partial charge is 0.0762 e. The van der Waals surface area contributed by atoms with Crippen molar-refractivity contribution in [2.45, 2.75) is 36.3 Å². The van der Waals surface area contributed by atoms with E-state index in [1.165, 1.54) is 17.7 Å². The van der Waals surface area contributed by atoms with Crippen LogP contribution in [0.3, 0.4) is 0 Å². The van der Waals surface area contributed by atoms with E-state index in [0.717, 1.165) is 5.69 Å². The Bertz CT molecular complexity index is 359. The molecule has 0 saturated heterocycles. The summed E-state index contributed by atoms with van der Waals surface area (Å²) in [7, 11) is 0. The Morgan fingerprint density at radius 2 is 2.14 bits per heavy atom. The lowest BCUT2D eigenvalue weighted by Crippen LogP contribution is -2.23. The molecule has 1 unspecified atom stereocenters. The van der Waals surface area contributed by atoms with Crippen molar-refractivity contribution in [2.24, 2.45) is 4.99 Å². The van der Waals surface area contributed by atoms with Crippen molar-refractivity contribution in [2.75, 3.05) is 0 Å². The maximum Gasteiger partial charge on any atom is 0.0762 e. The van der Waals surface area contributed by atoms with E-state index in [2.05, 4.69) is 43.3 Å². The summed E-state index contributed by atoms with van der Waals surface area (Å²) in [5, 5.41) is 0. The summed E-state index contributed by atoms with van der Waals surface area (Å²) < 4.78 is 0.198. The fraction of sp³-hybridized carbons (Fsp3) is 0.417. The molecule has 2 rings (SSSR count). The molecule has 1 nitrogen and oxygen atoms in total. The summed E-state index contributed by atoms with van der Waals surface area (Å²) in [6.07, 6.45) is 4.50. The van der Waals surface area contributed by atoms with E-state index in [-0.39, 0.29) is 4.75 Å². The van der Waals surface area contributed by atoms with Crippen molar-refractivity contribution in [1.29, 1.82) is 0 Å². The molecule has 0 saturated carbocycles. The summed E-state index contributed by atoms with van der Waals surface area (Å²) in [5.41, 5.74) is 1.12. The first kappa shape index (κ1) is 9.78. The molecule has 74 valence electrons. The van der Waals surface area contributed by atoms with Gasteiger partial charge in [0, 0.05) is 11.1 Å². The molecule has 1 atom stereocenters. The van der Waals surface area contributed by atoms with Crippen LogP contribution in [-0.4, -0.2) is 11.0 Å². The SMILES string of the molecule is CCCC1(C)C=Nc2ccccc2S1. The second kappa shape index (κ2) is 3.77. The van der Waals surface area contributed by atoms with Gasteiger partial charge in [-0.15, -0.1) is 11.8 Å². The molecular formula is C12H15NS. The van der Waals surface area contributed by atoms with E-state index in [1.807, 2.05) is 17.8 Å². The van der Waals surface area contributed by atoms with Gasteiger partial charge in [0.25, 0.3) is 0 Å². The molecule has 1 aromatic carbocycles. The maximum absolute atomic E-state index is 4.52. The first-order valence-electron chi connectivity index (χ1n) is 5.07. The van der Waals surface area contributed by atoms with E-state index in [1.54, 1.807) is 0 Å². The van der Waals surface area contributed by atoms with Gasteiger partial charge in [-0.3, -0.25) is 4.99 Å². The van der Waals surface area contributed by atoms with E-state index >= 15 is 0 Å². The largest absolute Gasteiger partial charge is 0.259 e. The minimum atomic E-state index is 0.198. The molecule has 2 heteroatoms. The Hall–Kier alpha value is -0.760. The number of rotatable bonds is 2. The number of nitrogens with zero attached hydrogens (tertiary/aromatic N) is 1. The fourth-order valence-electron chi connectivity index (χ4n) is 1.75. The molecule has 1 aromatic rings. The second-order valence-electron chi connectivity index (χ2n) is 3.89. The van der Waals surface area contributed by atoms with Crippen LogP contribution in [0.25, 0.3) is 0 Å². The fourth-order valence-corrected chi connectivity index (χ4v) is 3.03. The minimum Gasteiger partial charge on any atom is -0.259 e. The summed E-state index contributed by atoms with van der Waals surface area (Å²) >= 11 is 1.93. The predicted octanol–water partition coefficient (Wildman–Crippen LogP) is 4.05. The Morgan fingerprint density at radius 3 is 2.93 bits per heavy atom. The van der Waals surface area contributed by atoms with E-state index in [0.29, 0.717) is 0 Å². The monoisotopic (exact) mass is 205 g/mol. The Kier molecular flexibility index (Phi) is 2.64. The van der Waals surface area contributed by atoms with Crippen molar-refractivity contribution in [3.05, 3.63) is 24.3 Å². The third-order valence-electron chi connectivity index (χ3n) is 2.43. The van der Waals surface area contributed by atoms with Crippen LogP contribution in [0.15, 0.2) is 34.2 Å². The second-order valence-corrected chi connectivity index (χ2v) is 5.47. The highest BCUT2D eigenvalue weighted by atomic mass is 32.2. The lowest BCUT2D eigenvalue weighted by molar-refractivity contribution is 0.717. The number of hydrogen-bond acceptors (Lipinski definition) is 2. The highest BCUT2D eigenvalue weighted by Crippen LogP contribution is 2.43. The molecule has 0 aliphatic carbocycles. The molecule has 14 heavy (non-hydrogen) atoms. The quantitative estimate of drug-likeness (QED) is 0.709. The van der Waals surface area contributed by atoms with Gasteiger partial charge in [-0.25, -0.2) is 0 Å². The molecule has 0 bridgehead atoms.